The van der Waals surface area contributed by atoms with E-state index in [1.807, 2.05) is 0 Å². The molecule has 0 atom stereocenters. The summed E-state index contributed by atoms with van der Waals surface area (Å²) in [4.78, 5) is 0. The van der Waals surface area contributed by atoms with Gasteiger partial charge in [0.25, 0.3) is 0 Å². The van der Waals surface area contributed by atoms with Crippen molar-refractivity contribution in [2.24, 2.45) is 0 Å². The van der Waals surface area contributed by atoms with Gasteiger partial charge in [-0.15, -0.1) is 0 Å². The first kappa shape index (κ1) is 24.9. The van der Waals surface area contributed by atoms with Gasteiger partial charge in [-0.1, -0.05) is 24.3 Å². The average Bonchev–Trinajstić information content (AvgIpc) is 2.89. The van der Waals surface area contributed by atoms with Gasteiger partial charge in [0.2, 0.25) is 11.6 Å². The molecule has 0 aliphatic rings. The lowest BCUT2D eigenvalue weighted by molar-refractivity contribution is 0.382. The molecule has 0 amide bonds. The molecule has 0 aromatic heterocycles. The van der Waals surface area contributed by atoms with Crippen LogP contribution in [0.5, 0.6) is 0 Å². The van der Waals surface area contributed by atoms with Gasteiger partial charge in [0, 0.05) is 11.4 Å². The second-order valence-corrected chi connectivity index (χ2v) is 7.29. The summed E-state index contributed by atoms with van der Waals surface area (Å²) in [5.41, 5.74) is -1.48. The largest absolute Gasteiger partial charge is 0.351 e. The Kier molecular flexibility index (Phi) is 6.53. The molecule has 4 aromatic carbocycles. The average molecular weight is 516 g/mol. The van der Waals surface area contributed by atoms with Crippen molar-refractivity contribution in [2.45, 2.75) is 0 Å². The summed E-state index contributed by atoms with van der Waals surface area (Å²) in [5, 5.41) is 4.24. The SMILES string of the molecule is Fc1c(F)c(F)c(Nc2ccc(-c3ccc(Nc4c(F)c(F)c(F)c(F)c4F)cc3)cc2)c(F)c1F. The number of rotatable bonds is 5. The Morgan fingerprint density at radius 3 is 0.778 bits per heavy atom. The van der Waals surface area contributed by atoms with Gasteiger partial charge in [-0.2, -0.15) is 0 Å². The normalized spacial score (nSPS) is 11.1. The molecule has 4 aromatic rings. The lowest BCUT2D eigenvalue weighted by Crippen LogP contribution is -2.06. The van der Waals surface area contributed by atoms with Gasteiger partial charge < -0.3 is 10.6 Å². The van der Waals surface area contributed by atoms with Gasteiger partial charge in [0.1, 0.15) is 11.4 Å². The minimum atomic E-state index is -2.29. The van der Waals surface area contributed by atoms with Crippen molar-refractivity contribution < 1.29 is 43.9 Å². The Bertz CT molecular complexity index is 1300. The maximum Gasteiger partial charge on any atom is 0.200 e. The van der Waals surface area contributed by atoms with E-state index < -0.39 is 69.5 Å². The van der Waals surface area contributed by atoms with E-state index >= 15 is 0 Å². The van der Waals surface area contributed by atoms with Crippen LogP contribution in [0.4, 0.5) is 66.7 Å². The molecule has 2 N–H and O–H groups in total. The minimum absolute atomic E-state index is 0.00782. The molecule has 0 bridgehead atoms. The van der Waals surface area contributed by atoms with Gasteiger partial charge in [0.05, 0.1) is 0 Å². The van der Waals surface area contributed by atoms with Crippen LogP contribution in [-0.2, 0) is 0 Å². The number of hydrogen-bond acceptors (Lipinski definition) is 2. The molecule has 0 heterocycles. The van der Waals surface area contributed by atoms with E-state index in [4.69, 9.17) is 0 Å². The third-order valence-electron chi connectivity index (χ3n) is 5.06. The fourth-order valence-electron chi connectivity index (χ4n) is 3.21. The fourth-order valence-corrected chi connectivity index (χ4v) is 3.21. The lowest BCUT2D eigenvalue weighted by Gasteiger charge is -2.12. The summed E-state index contributed by atoms with van der Waals surface area (Å²) in [5.74, 6) is -21.1. The van der Waals surface area contributed by atoms with Crippen LogP contribution in [-0.4, -0.2) is 0 Å². The maximum atomic E-state index is 13.8. The summed E-state index contributed by atoms with van der Waals surface area (Å²) in [6, 6.07) is 10.9. The molecule has 12 heteroatoms. The van der Waals surface area contributed by atoms with Crippen LogP contribution in [0.25, 0.3) is 11.1 Å². The molecule has 0 aliphatic carbocycles. The number of nitrogens with one attached hydrogen (secondary N) is 2. The summed E-state index contributed by atoms with van der Waals surface area (Å²) in [6.45, 7) is 0. The highest BCUT2D eigenvalue weighted by Crippen LogP contribution is 2.32. The predicted molar refractivity (Wildman–Crippen MR) is 111 cm³/mol. The van der Waals surface area contributed by atoms with Crippen LogP contribution in [0.15, 0.2) is 48.5 Å². The predicted octanol–water partition coefficient (Wildman–Crippen LogP) is 8.23. The van der Waals surface area contributed by atoms with Crippen molar-refractivity contribution in [3.05, 3.63) is 107 Å². The number of anilines is 4. The molecular formula is C24H10F10N2. The minimum Gasteiger partial charge on any atom is -0.351 e. The van der Waals surface area contributed by atoms with Crippen molar-refractivity contribution in [3.63, 3.8) is 0 Å². The number of hydrogen-bond donors (Lipinski definition) is 2. The Morgan fingerprint density at radius 2 is 0.528 bits per heavy atom. The van der Waals surface area contributed by atoms with Crippen LogP contribution < -0.4 is 10.6 Å². The molecule has 0 saturated heterocycles. The smallest absolute Gasteiger partial charge is 0.200 e. The summed E-state index contributed by atoms with van der Waals surface area (Å²) < 4.78 is 135. The second kappa shape index (κ2) is 9.44. The Labute approximate surface area is 195 Å². The van der Waals surface area contributed by atoms with Gasteiger partial charge in [-0.05, 0) is 35.4 Å². The van der Waals surface area contributed by atoms with Crippen molar-refractivity contribution in [3.8, 4) is 11.1 Å². The highest BCUT2D eigenvalue weighted by molar-refractivity contribution is 5.71. The van der Waals surface area contributed by atoms with Crippen LogP contribution >= 0.6 is 0 Å². The van der Waals surface area contributed by atoms with Crippen molar-refractivity contribution in [1.29, 1.82) is 0 Å². The van der Waals surface area contributed by atoms with E-state index in [-0.39, 0.29) is 11.4 Å². The molecule has 186 valence electrons. The third kappa shape index (κ3) is 4.30. The first-order chi connectivity index (χ1) is 17.0. The van der Waals surface area contributed by atoms with Gasteiger partial charge in [-0.25, -0.2) is 43.9 Å². The van der Waals surface area contributed by atoms with E-state index in [0.29, 0.717) is 11.1 Å². The highest BCUT2D eigenvalue weighted by atomic mass is 19.2. The first-order valence-corrected chi connectivity index (χ1v) is 9.78. The van der Waals surface area contributed by atoms with E-state index in [1.165, 1.54) is 48.5 Å². The summed E-state index contributed by atoms with van der Waals surface area (Å²) in [6.07, 6.45) is 0. The van der Waals surface area contributed by atoms with E-state index in [1.54, 1.807) is 0 Å². The van der Waals surface area contributed by atoms with E-state index in [9.17, 15) is 43.9 Å². The molecule has 2 nitrogen and oxygen atoms in total. The number of halogens is 10. The zero-order chi connectivity index (χ0) is 26.3. The van der Waals surface area contributed by atoms with Crippen LogP contribution in [0.1, 0.15) is 0 Å². The van der Waals surface area contributed by atoms with Crippen molar-refractivity contribution >= 4 is 22.7 Å². The van der Waals surface area contributed by atoms with Crippen molar-refractivity contribution in [2.75, 3.05) is 10.6 Å². The zero-order valence-electron chi connectivity index (χ0n) is 17.4. The Morgan fingerprint density at radius 1 is 0.306 bits per heavy atom. The molecule has 0 fully saturated rings. The fraction of sp³-hybridized carbons (Fsp3) is 0. The summed E-state index contributed by atoms with van der Waals surface area (Å²) in [7, 11) is 0. The highest BCUT2D eigenvalue weighted by Gasteiger charge is 2.27. The molecule has 0 radical (unpaired) electrons. The maximum absolute atomic E-state index is 13.8. The number of benzene rings is 4. The molecule has 0 saturated carbocycles. The zero-order valence-corrected chi connectivity index (χ0v) is 17.4. The molecule has 36 heavy (non-hydrogen) atoms. The molecule has 0 aliphatic heterocycles. The van der Waals surface area contributed by atoms with Crippen molar-refractivity contribution in [1.82, 2.24) is 0 Å². The van der Waals surface area contributed by atoms with Crippen LogP contribution in [0.2, 0.25) is 0 Å². The van der Waals surface area contributed by atoms with Crippen LogP contribution in [0.3, 0.4) is 0 Å². The Hall–Kier alpha value is -4.22. The third-order valence-corrected chi connectivity index (χ3v) is 5.06. The van der Waals surface area contributed by atoms with Gasteiger partial charge >= 0.3 is 0 Å². The van der Waals surface area contributed by atoms with E-state index in [0.717, 1.165) is 0 Å². The topological polar surface area (TPSA) is 24.1 Å². The molecule has 4 rings (SSSR count). The second-order valence-electron chi connectivity index (χ2n) is 7.29. The molecule has 0 spiro atoms. The quantitative estimate of drug-likeness (QED) is 0.159. The molecule has 0 unspecified atom stereocenters. The lowest BCUT2D eigenvalue weighted by atomic mass is 10.0. The Balaban J connectivity index is 1.54. The summed E-state index contributed by atoms with van der Waals surface area (Å²) >= 11 is 0. The standard InChI is InChI=1S/C24H10F10N2/c25-13-15(27)19(31)23(20(32)16(13)28)35-11-5-1-9(2-6-11)10-3-7-12(8-4-10)36-24-21(33)17(29)14(26)18(30)22(24)34/h1-8,35-36H. The first-order valence-electron chi connectivity index (χ1n) is 9.78. The monoisotopic (exact) mass is 516 g/mol. The molecular weight excluding hydrogens is 506 g/mol. The van der Waals surface area contributed by atoms with Gasteiger partial charge in [0.15, 0.2) is 46.5 Å². The van der Waals surface area contributed by atoms with Gasteiger partial charge in [-0.3, -0.25) is 0 Å². The van der Waals surface area contributed by atoms with Crippen LogP contribution in [0, 0.1) is 58.2 Å². The van der Waals surface area contributed by atoms with E-state index in [2.05, 4.69) is 10.6 Å².